The fraction of sp³-hybridized carbons (Fsp3) is 0.444. The smallest absolute Gasteiger partial charge is 0.118 e. The van der Waals surface area contributed by atoms with E-state index in [2.05, 4.69) is 61.4 Å². The highest BCUT2D eigenvalue weighted by molar-refractivity contribution is 5.48. The molecule has 1 heterocycles. The average Bonchev–Trinajstić information content (AvgIpc) is 3.22. The van der Waals surface area contributed by atoms with Crippen molar-refractivity contribution < 1.29 is 4.42 Å². The van der Waals surface area contributed by atoms with Crippen molar-refractivity contribution in [2.45, 2.75) is 45.8 Å². The van der Waals surface area contributed by atoms with E-state index < -0.39 is 0 Å². The Balaban J connectivity index is 1.65. The molecule has 0 amide bonds. The number of furan rings is 1. The summed E-state index contributed by atoms with van der Waals surface area (Å²) >= 11 is 0. The molecule has 1 aromatic carbocycles. The molecule has 3 heteroatoms. The maximum Gasteiger partial charge on any atom is 0.118 e. The first kappa shape index (κ1) is 14.2. The first-order chi connectivity index (χ1) is 10.1. The molecule has 0 radical (unpaired) electrons. The number of nitrogens with zero attached hydrogens (tertiary/aromatic N) is 1. The fourth-order valence-corrected chi connectivity index (χ4v) is 2.58. The fourth-order valence-electron chi connectivity index (χ4n) is 2.58. The average molecular weight is 284 g/mol. The van der Waals surface area contributed by atoms with E-state index in [0.29, 0.717) is 6.04 Å². The lowest BCUT2D eigenvalue weighted by molar-refractivity contribution is 0.459. The third kappa shape index (κ3) is 3.67. The highest BCUT2D eigenvalue weighted by Gasteiger charge is 2.21. The van der Waals surface area contributed by atoms with Gasteiger partial charge in [0.25, 0.3) is 0 Å². The second-order valence-electron chi connectivity index (χ2n) is 6.14. The van der Waals surface area contributed by atoms with E-state index in [1.165, 1.54) is 29.7 Å². The predicted octanol–water partition coefficient (Wildman–Crippen LogP) is 3.78. The Morgan fingerprint density at radius 3 is 2.76 bits per heavy atom. The second-order valence-corrected chi connectivity index (χ2v) is 6.14. The molecule has 0 saturated heterocycles. The van der Waals surface area contributed by atoms with Crippen molar-refractivity contribution in [3.8, 4) is 0 Å². The van der Waals surface area contributed by atoms with Gasteiger partial charge in [0.2, 0.25) is 0 Å². The first-order valence-corrected chi connectivity index (χ1v) is 7.71. The zero-order valence-corrected chi connectivity index (χ0v) is 13.1. The van der Waals surface area contributed by atoms with Crippen molar-refractivity contribution >= 4 is 5.69 Å². The van der Waals surface area contributed by atoms with E-state index >= 15 is 0 Å². The summed E-state index contributed by atoms with van der Waals surface area (Å²) in [6.07, 6.45) is 2.62. The lowest BCUT2D eigenvalue weighted by Gasteiger charge is -2.19. The zero-order chi connectivity index (χ0) is 14.8. The molecule has 3 nitrogen and oxygen atoms in total. The highest BCUT2D eigenvalue weighted by Crippen LogP contribution is 2.23. The van der Waals surface area contributed by atoms with E-state index in [4.69, 9.17) is 4.42 Å². The quantitative estimate of drug-likeness (QED) is 0.875. The number of rotatable bonds is 6. The molecule has 112 valence electrons. The van der Waals surface area contributed by atoms with Crippen LogP contribution in [0.3, 0.4) is 0 Å². The Morgan fingerprint density at radius 2 is 2.05 bits per heavy atom. The Bertz CT molecular complexity index is 613. The minimum Gasteiger partial charge on any atom is -0.465 e. The predicted molar refractivity (Wildman–Crippen MR) is 86.6 cm³/mol. The first-order valence-electron chi connectivity index (χ1n) is 7.71. The molecule has 0 atom stereocenters. The molecule has 0 unspecified atom stereocenters. The van der Waals surface area contributed by atoms with Crippen LogP contribution in [0.2, 0.25) is 0 Å². The third-order valence-corrected chi connectivity index (χ3v) is 4.06. The van der Waals surface area contributed by atoms with Crippen LogP contribution in [0.4, 0.5) is 5.69 Å². The minimum atomic E-state index is 0.717. The molecule has 2 aromatic rings. The molecule has 1 fully saturated rings. The number of aryl methyl sites for hydroxylation is 2. The molecule has 1 aliphatic rings. The third-order valence-electron chi connectivity index (χ3n) is 4.06. The summed E-state index contributed by atoms with van der Waals surface area (Å²) in [5, 5.41) is 3.50. The Labute approximate surface area is 127 Å². The van der Waals surface area contributed by atoms with Gasteiger partial charge in [-0.15, -0.1) is 0 Å². The molecule has 3 rings (SSSR count). The molecule has 1 N–H and O–H groups in total. The van der Waals surface area contributed by atoms with Crippen LogP contribution in [0, 0.1) is 13.8 Å². The molecule has 1 saturated carbocycles. The number of anilines is 1. The van der Waals surface area contributed by atoms with Crippen molar-refractivity contribution in [2.24, 2.45) is 0 Å². The van der Waals surface area contributed by atoms with Crippen LogP contribution in [-0.2, 0) is 13.1 Å². The Kier molecular flexibility index (Phi) is 4.02. The molecule has 1 aliphatic carbocycles. The summed E-state index contributed by atoms with van der Waals surface area (Å²) in [6, 6.07) is 11.5. The van der Waals surface area contributed by atoms with Crippen LogP contribution in [0.1, 0.15) is 35.5 Å². The van der Waals surface area contributed by atoms with Gasteiger partial charge in [0.05, 0.1) is 6.54 Å². The Hall–Kier alpha value is -1.74. The number of hydrogen-bond donors (Lipinski definition) is 1. The minimum absolute atomic E-state index is 0.717. The SMILES string of the molecule is Cc1cccc(N(C)Cc2cc(CNC3CC3)oc2C)c1. The van der Waals surface area contributed by atoms with Gasteiger partial charge in [0.15, 0.2) is 0 Å². The molecule has 0 spiro atoms. The summed E-state index contributed by atoms with van der Waals surface area (Å²) in [4.78, 5) is 2.27. The van der Waals surface area contributed by atoms with Crippen LogP contribution in [0.25, 0.3) is 0 Å². The maximum absolute atomic E-state index is 5.86. The van der Waals surface area contributed by atoms with Crippen molar-refractivity contribution in [1.82, 2.24) is 5.32 Å². The monoisotopic (exact) mass is 284 g/mol. The van der Waals surface area contributed by atoms with Crippen molar-refractivity contribution in [1.29, 1.82) is 0 Å². The van der Waals surface area contributed by atoms with Crippen LogP contribution >= 0.6 is 0 Å². The molecule has 21 heavy (non-hydrogen) atoms. The lowest BCUT2D eigenvalue weighted by Crippen LogP contribution is -2.16. The van der Waals surface area contributed by atoms with Crippen LogP contribution in [-0.4, -0.2) is 13.1 Å². The molecular formula is C18H24N2O. The van der Waals surface area contributed by atoms with Crippen molar-refractivity contribution in [3.05, 3.63) is 53.0 Å². The van der Waals surface area contributed by atoms with Gasteiger partial charge >= 0.3 is 0 Å². The summed E-state index contributed by atoms with van der Waals surface area (Å²) in [6.45, 7) is 5.91. The molecule has 0 aliphatic heterocycles. The van der Waals surface area contributed by atoms with Gasteiger partial charge in [0, 0.05) is 30.9 Å². The van der Waals surface area contributed by atoms with Gasteiger partial charge < -0.3 is 14.6 Å². The van der Waals surface area contributed by atoms with Crippen LogP contribution < -0.4 is 10.2 Å². The van der Waals surface area contributed by atoms with E-state index in [9.17, 15) is 0 Å². The number of hydrogen-bond acceptors (Lipinski definition) is 3. The number of nitrogens with one attached hydrogen (secondary N) is 1. The van der Waals surface area contributed by atoms with Gasteiger partial charge in [-0.05, 0) is 50.5 Å². The van der Waals surface area contributed by atoms with Crippen LogP contribution in [0.15, 0.2) is 34.7 Å². The lowest BCUT2D eigenvalue weighted by atomic mass is 10.2. The molecule has 1 aromatic heterocycles. The standard InChI is InChI=1S/C18H24N2O/c1-13-5-4-6-17(9-13)20(3)12-15-10-18(21-14(15)2)11-19-16-7-8-16/h4-6,9-10,16,19H,7-8,11-12H2,1-3H3. The molecule has 0 bridgehead atoms. The summed E-state index contributed by atoms with van der Waals surface area (Å²) < 4.78 is 5.86. The molecular weight excluding hydrogens is 260 g/mol. The second kappa shape index (κ2) is 5.94. The van der Waals surface area contributed by atoms with Gasteiger partial charge in [-0.1, -0.05) is 12.1 Å². The van der Waals surface area contributed by atoms with Gasteiger partial charge in [0.1, 0.15) is 11.5 Å². The topological polar surface area (TPSA) is 28.4 Å². The van der Waals surface area contributed by atoms with Crippen LogP contribution in [0.5, 0.6) is 0 Å². The summed E-state index contributed by atoms with van der Waals surface area (Å²) in [7, 11) is 2.13. The van der Waals surface area contributed by atoms with Crippen molar-refractivity contribution in [2.75, 3.05) is 11.9 Å². The van der Waals surface area contributed by atoms with E-state index in [1.54, 1.807) is 0 Å². The number of benzene rings is 1. The highest BCUT2D eigenvalue weighted by atomic mass is 16.3. The summed E-state index contributed by atoms with van der Waals surface area (Å²) in [5.74, 6) is 2.08. The Morgan fingerprint density at radius 1 is 1.24 bits per heavy atom. The van der Waals surface area contributed by atoms with Gasteiger partial charge in [-0.25, -0.2) is 0 Å². The summed E-state index contributed by atoms with van der Waals surface area (Å²) in [5.41, 5.74) is 3.80. The maximum atomic E-state index is 5.86. The van der Waals surface area contributed by atoms with E-state index in [-0.39, 0.29) is 0 Å². The van der Waals surface area contributed by atoms with E-state index in [1.807, 2.05) is 0 Å². The van der Waals surface area contributed by atoms with Gasteiger partial charge in [-0.3, -0.25) is 0 Å². The van der Waals surface area contributed by atoms with E-state index in [0.717, 1.165) is 24.6 Å². The zero-order valence-electron chi connectivity index (χ0n) is 13.1. The largest absolute Gasteiger partial charge is 0.465 e. The normalized spacial score (nSPS) is 14.4. The van der Waals surface area contributed by atoms with Gasteiger partial charge in [-0.2, -0.15) is 0 Å². The van der Waals surface area contributed by atoms with Crippen molar-refractivity contribution in [3.63, 3.8) is 0 Å².